The van der Waals surface area contributed by atoms with Crippen LogP contribution in [0.3, 0.4) is 0 Å². The first-order valence-corrected chi connectivity index (χ1v) is 12.7. The number of amides is 1. The predicted octanol–water partition coefficient (Wildman–Crippen LogP) is 3.50. The first kappa shape index (κ1) is 21.6. The SMILES string of the molecule is Cc1nn(-c2ccc(Cl)cc2)c2sc(C(=O)NC[C@@H](c3cccs3)[NH+]3CCOCC3)cc12. The molecule has 1 fully saturated rings. The number of hydrogen-bond acceptors (Lipinski definition) is 5. The molecule has 1 aromatic carbocycles. The van der Waals surface area contributed by atoms with Crippen LogP contribution in [0, 0.1) is 6.92 Å². The van der Waals surface area contributed by atoms with Crippen LogP contribution in [0.15, 0.2) is 47.8 Å². The molecular formula is C23H24ClN4O2S2+. The summed E-state index contributed by atoms with van der Waals surface area (Å²) >= 11 is 9.25. The number of ether oxygens (including phenoxy) is 1. The molecule has 32 heavy (non-hydrogen) atoms. The van der Waals surface area contributed by atoms with Crippen molar-refractivity contribution in [3.63, 3.8) is 0 Å². The van der Waals surface area contributed by atoms with Gasteiger partial charge in [-0.2, -0.15) is 5.10 Å². The summed E-state index contributed by atoms with van der Waals surface area (Å²) in [4.78, 5) is 17.5. The molecule has 166 valence electrons. The van der Waals surface area contributed by atoms with Gasteiger partial charge in [0.2, 0.25) is 0 Å². The number of thiophene rings is 2. The highest BCUT2D eigenvalue weighted by molar-refractivity contribution is 7.20. The standard InChI is InChI=1S/C23H23ClN4O2S2/c1-15-18-13-21(32-23(18)28(26-15)17-6-4-16(24)5-7-17)22(29)25-14-19(20-3-2-12-31-20)27-8-10-30-11-9-27/h2-7,12-13,19H,8-11,14H2,1H3,(H,25,29)/p+1/t19-/m0/s1. The summed E-state index contributed by atoms with van der Waals surface area (Å²) in [5, 5.41) is 11.6. The van der Waals surface area contributed by atoms with Gasteiger partial charge < -0.3 is 15.0 Å². The van der Waals surface area contributed by atoms with Gasteiger partial charge in [-0.25, -0.2) is 4.68 Å². The van der Waals surface area contributed by atoms with Crippen molar-refractivity contribution in [2.75, 3.05) is 32.8 Å². The van der Waals surface area contributed by atoms with Crippen molar-refractivity contribution < 1.29 is 14.4 Å². The summed E-state index contributed by atoms with van der Waals surface area (Å²) in [7, 11) is 0. The number of carbonyl (C=O) groups is 1. The number of fused-ring (bicyclic) bond motifs is 1. The number of aryl methyl sites for hydroxylation is 1. The van der Waals surface area contributed by atoms with E-state index in [0.717, 1.165) is 47.9 Å². The number of carbonyl (C=O) groups excluding carboxylic acids is 1. The first-order valence-electron chi connectivity index (χ1n) is 10.6. The molecule has 0 saturated carbocycles. The Morgan fingerprint density at radius 3 is 2.78 bits per heavy atom. The van der Waals surface area contributed by atoms with Gasteiger partial charge in [0.05, 0.1) is 40.9 Å². The molecule has 5 rings (SSSR count). The third-order valence-corrected chi connectivity index (χ3v) is 8.17. The van der Waals surface area contributed by atoms with E-state index < -0.39 is 0 Å². The molecule has 0 bridgehead atoms. The molecule has 0 radical (unpaired) electrons. The number of rotatable bonds is 6. The number of benzene rings is 1. The van der Waals surface area contributed by atoms with Crippen LogP contribution in [-0.2, 0) is 4.74 Å². The zero-order valence-electron chi connectivity index (χ0n) is 17.6. The Bertz CT molecular complexity index is 1210. The van der Waals surface area contributed by atoms with Crippen molar-refractivity contribution >= 4 is 50.4 Å². The minimum atomic E-state index is -0.0394. The largest absolute Gasteiger partial charge is 0.370 e. The van der Waals surface area contributed by atoms with Crippen LogP contribution in [0.1, 0.15) is 26.3 Å². The Hall–Kier alpha value is -2.23. The highest BCUT2D eigenvalue weighted by Gasteiger charge is 2.28. The van der Waals surface area contributed by atoms with Gasteiger partial charge >= 0.3 is 0 Å². The minimum Gasteiger partial charge on any atom is -0.370 e. The van der Waals surface area contributed by atoms with Gasteiger partial charge in [0, 0.05) is 10.4 Å². The molecule has 1 atom stereocenters. The molecule has 1 amide bonds. The third kappa shape index (κ3) is 4.33. The maximum atomic E-state index is 13.1. The lowest BCUT2D eigenvalue weighted by Crippen LogP contribution is -3.15. The molecular weight excluding hydrogens is 464 g/mol. The molecule has 9 heteroatoms. The Kier molecular flexibility index (Phi) is 6.30. The molecule has 6 nitrogen and oxygen atoms in total. The van der Waals surface area contributed by atoms with E-state index in [1.807, 2.05) is 41.9 Å². The average molecular weight is 488 g/mol. The van der Waals surface area contributed by atoms with E-state index in [-0.39, 0.29) is 11.9 Å². The molecule has 1 aliphatic heterocycles. The van der Waals surface area contributed by atoms with E-state index in [4.69, 9.17) is 16.3 Å². The Morgan fingerprint density at radius 2 is 2.06 bits per heavy atom. The monoisotopic (exact) mass is 487 g/mol. The number of aromatic nitrogens is 2. The summed E-state index contributed by atoms with van der Waals surface area (Å²) in [6.45, 7) is 6.02. The van der Waals surface area contributed by atoms with E-state index in [9.17, 15) is 4.79 Å². The zero-order chi connectivity index (χ0) is 22.1. The van der Waals surface area contributed by atoms with Crippen LogP contribution in [0.25, 0.3) is 15.9 Å². The van der Waals surface area contributed by atoms with Gasteiger partial charge in [-0.3, -0.25) is 4.79 Å². The van der Waals surface area contributed by atoms with Gasteiger partial charge in [-0.1, -0.05) is 17.7 Å². The maximum absolute atomic E-state index is 13.1. The van der Waals surface area contributed by atoms with Crippen LogP contribution >= 0.6 is 34.3 Å². The number of nitrogens with one attached hydrogen (secondary N) is 2. The lowest BCUT2D eigenvalue weighted by molar-refractivity contribution is -0.937. The molecule has 0 unspecified atom stereocenters. The second-order valence-electron chi connectivity index (χ2n) is 7.85. The summed E-state index contributed by atoms with van der Waals surface area (Å²) in [6.07, 6.45) is 0. The van der Waals surface area contributed by atoms with Crippen molar-refractivity contribution in [3.8, 4) is 5.69 Å². The molecule has 1 aliphatic rings. The third-order valence-electron chi connectivity index (χ3n) is 5.82. The van der Waals surface area contributed by atoms with Gasteiger partial charge in [-0.05, 0) is 48.7 Å². The van der Waals surface area contributed by atoms with E-state index in [2.05, 4.69) is 27.9 Å². The van der Waals surface area contributed by atoms with Crippen molar-refractivity contribution in [2.24, 2.45) is 0 Å². The average Bonchev–Trinajstić information content (AvgIpc) is 3.54. The number of morpholine rings is 1. The second-order valence-corrected chi connectivity index (χ2v) is 10.3. The zero-order valence-corrected chi connectivity index (χ0v) is 20.0. The van der Waals surface area contributed by atoms with E-state index in [1.165, 1.54) is 21.1 Å². The molecule has 4 heterocycles. The number of hydrogen-bond donors (Lipinski definition) is 2. The molecule has 2 N–H and O–H groups in total. The molecule has 1 saturated heterocycles. The molecule has 0 spiro atoms. The topological polar surface area (TPSA) is 60.6 Å². The van der Waals surface area contributed by atoms with Gasteiger partial charge in [0.1, 0.15) is 24.0 Å². The van der Waals surface area contributed by atoms with E-state index in [0.29, 0.717) is 16.4 Å². The predicted molar refractivity (Wildman–Crippen MR) is 130 cm³/mol. The smallest absolute Gasteiger partial charge is 0.261 e. The van der Waals surface area contributed by atoms with Crippen LogP contribution < -0.4 is 10.2 Å². The summed E-state index contributed by atoms with van der Waals surface area (Å²) < 4.78 is 7.42. The summed E-state index contributed by atoms with van der Waals surface area (Å²) in [5.74, 6) is -0.0394. The van der Waals surface area contributed by atoms with Crippen LogP contribution in [0.5, 0.6) is 0 Å². The lowest BCUT2D eigenvalue weighted by Gasteiger charge is -2.31. The summed E-state index contributed by atoms with van der Waals surface area (Å²) in [6, 6.07) is 14.0. The van der Waals surface area contributed by atoms with Crippen molar-refractivity contribution in [1.29, 1.82) is 0 Å². The first-order chi connectivity index (χ1) is 15.6. The fourth-order valence-corrected chi connectivity index (χ4v) is 6.23. The van der Waals surface area contributed by atoms with Crippen molar-refractivity contribution in [3.05, 3.63) is 68.3 Å². The fraction of sp³-hybridized carbons (Fsp3) is 0.304. The molecule has 3 aromatic heterocycles. The van der Waals surface area contributed by atoms with E-state index in [1.54, 1.807) is 11.3 Å². The van der Waals surface area contributed by atoms with Crippen molar-refractivity contribution in [2.45, 2.75) is 13.0 Å². The molecule has 4 aromatic rings. The highest BCUT2D eigenvalue weighted by Crippen LogP contribution is 2.30. The quantitative estimate of drug-likeness (QED) is 0.437. The number of quaternary nitrogens is 1. The van der Waals surface area contributed by atoms with E-state index >= 15 is 0 Å². The maximum Gasteiger partial charge on any atom is 0.261 e. The number of halogens is 1. The highest BCUT2D eigenvalue weighted by atomic mass is 35.5. The van der Waals surface area contributed by atoms with Crippen LogP contribution in [0.2, 0.25) is 5.02 Å². The number of nitrogens with zero attached hydrogens (tertiary/aromatic N) is 2. The van der Waals surface area contributed by atoms with Gasteiger partial charge in [-0.15, -0.1) is 22.7 Å². The minimum absolute atomic E-state index is 0.0394. The Morgan fingerprint density at radius 1 is 1.28 bits per heavy atom. The molecule has 0 aliphatic carbocycles. The van der Waals surface area contributed by atoms with Crippen LogP contribution in [-0.4, -0.2) is 48.5 Å². The second kappa shape index (κ2) is 9.33. The Balaban J connectivity index is 1.36. The normalized spacial score (nSPS) is 15.8. The fourth-order valence-electron chi connectivity index (χ4n) is 4.12. The Labute approximate surface area is 199 Å². The lowest BCUT2D eigenvalue weighted by atomic mass is 10.2. The van der Waals surface area contributed by atoms with Crippen molar-refractivity contribution in [1.82, 2.24) is 15.1 Å². The van der Waals surface area contributed by atoms with Gasteiger partial charge in [0.25, 0.3) is 5.91 Å². The van der Waals surface area contributed by atoms with Crippen LogP contribution in [0.4, 0.5) is 0 Å². The summed E-state index contributed by atoms with van der Waals surface area (Å²) in [5.41, 5.74) is 1.83. The van der Waals surface area contributed by atoms with Gasteiger partial charge in [0.15, 0.2) is 0 Å².